The van der Waals surface area contributed by atoms with Gasteiger partial charge in [0.05, 0.1) is 17.1 Å². The molecule has 0 spiro atoms. The molecule has 0 saturated heterocycles. The van der Waals surface area contributed by atoms with E-state index in [4.69, 9.17) is 11.6 Å². The Morgan fingerprint density at radius 1 is 1.07 bits per heavy atom. The highest BCUT2D eigenvalue weighted by molar-refractivity contribution is 7.89. The third-order valence-corrected chi connectivity index (χ3v) is 5.43. The smallest absolute Gasteiger partial charge is 0.241 e. The number of carbonyl (C=O) groups is 1. The van der Waals surface area contributed by atoms with Crippen LogP contribution in [0.3, 0.4) is 0 Å². The molecule has 2 heterocycles. The molecule has 1 aromatic carbocycles. The lowest BCUT2D eigenvalue weighted by Crippen LogP contribution is -2.36. The number of hydrogen-bond acceptors (Lipinski definition) is 5. The average Bonchev–Trinajstić information content (AvgIpc) is 2.72. The Morgan fingerprint density at radius 2 is 1.93 bits per heavy atom. The van der Waals surface area contributed by atoms with Gasteiger partial charge in [0.2, 0.25) is 15.9 Å². The maximum Gasteiger partial charge on any atom is 0.241 e. The predicted octanol–water partition coefficient (Wildman–Crippen LogP) is 2.39. The summed E-state index contributed by atoms with van der Waals surface area (Å²) >= 11 is 5.81. The van der Waals surface area contributed by atoms with Gasteiger partial charge in [-0.3, -0.25) is 14.8 Å². The Bertz CT molecular complexity index is 1080. The van der Waals surface area contributed by atoms with Gasteiger partial charge in [-0.25, -0.2) is 13.1 Å². The van der Waals surface area contributed by atoms with Crippen molar-refractivity contribution in [1.82, 2.24) is 20.0 Å². The standard InChI is InChI=1S/C19H17ClN4O3S/c20-16-4-1-5-17(10-16)28(26,27)24-13-19(25)23-11-14-6-8-22-18(9-14)15-3-2-7-21-12-15/h1-10,12,24H,11,13H2,(H,23,25). The molecular weight excluding hydrogens is 400 g/mol. The van der Waals surface area contributed by atoms with E-state index in [0.717, 1.165) is 16.8 Å². The zero-order valence-corrected chi connectivity index (χ0v) is 16.2. The van der Waals surface area contributed by atoms with E-state index in [1.165, 1.54) is 18.2 Å². The lowest BCUT2D eigenvalue weighted by Gasteiger charge is -2.09. The summed E-state index contributed by atoms with van der Waals surface area (Å²) in [7, 11) is -3.82. The number of halogens is 1. The Hall–Kier alpha value is -2.81. The number of aromatic nitrogens is 2. The fourth-order valence-electron chi connectivity index (χ4n) is 2.40. The molecule has 2 aromatic heterocycles. The molecule has 0 bridgehead atoms. The first-order valence-corrected chi connectivity index (χ1v) is 10.2. The minimum atomic E-state index is -3.82. The van der Waals surface area contributed by atoms with Crippen molar-refractivity contribution in [2.24, 2.45) is 0 Å². The molecule has 0 aliphatic carbocycles. The van der Waals surface area contributed by atoms with Crippen LogP contribution in [0.5, 0.6) is 0 Å². The quantitative estimate of drug-likeness (QED) is 0.615. The van der Waals surface area contributed by atoms with Gasteiger partial charge in [0.25, 0.3) is 0 Å². The first kappa shape index (κ1) is 19.9. The zero-order chi connectivity index (χ0) is 20.0. The van der Waals surface area contributed by atoms with Crippen LogP contribution in [0.15, 0.2) is 72.0 Å². The minimum Gasteiger partial charge on any atom is -0.351 e. The van der Waals surface area contributed by atoms with Crippen molar-refractivity contribution >= 4 is 27.5 Å². The zero-order valence-electron chi connectivity index (χ0n) is 14.7. The van der Waals surface area contributed by atoms with E-state index in [0.29, 0.717) is 5.02 Å². The summed E-state index contributed by atoms with van der Waals surface area (Å²) < 4.78 is 26.7. The minimum absolute atomic E-state index is 0.00282. The maximum absolute atomic E-state index is 12.2. The molecule has 0 aliphatic heterocycles. The normalized spacial score (nSPS) is 11.2. The highest BCUT2D eigenvalue weighted by atomic mass is 35.5. The van der Waals surface area contributed by atoms with Crippen LogP contribution in [0.2, 0.25) is 5.02 Å². The number of nitrogens with zero attached hydrogens (tertiary/aromatic N) is 2. The fourth-order valence-corrected chi connectivity index (χ4v) is 3.68. The molecule has 9 heteroatoms. The molecule has 0 fully saturated rings. The van der Waals surface area contributed by atoms with E-state index >= 15 is 0 Å². The van der Waals surface area contributed by atoms with Gasteiger partial charge < -0.3 is 5.32 Å². The molecule has 3 aromatic rings. The van der Waals surface area contributed by atoms with Gasteiger partial charge in [-0.15, -0.1) is 0 Å². The topological polar surface area (TPSA) is 101 Å². The van der Waals surface area contributed by atoms with Gasteiger partial charge in [-0.05, 0) is 48.0 Å². The molecule has 28 heavy (non-hydrogen) atoms. The van der Waals surface area contributed by atoms with Crippen LogP contribution in [0.4, 0.5) is 0 Å². The number of rotatable bonds is 7. The van der Waals surface area contributed by atoms with E-state index in [9.17, 15) is 13.2 Å². The van der Waals surface area contributed by atoms with Crippen LogP contribution in [0.1, 0.15) is 5.56 Å². The predicted molar refractivity (Wildman–Crippen MR) is 106 cm³/mol. The Kier molecular flexibility index (Phi) is 6.35. The van der Waals surface area contributed by atoms with E-state index in [1.807, 2.05) is 18.2 Å². The number of nitrogens with one attached hydrogen (secondary N) is 2. The summed E-state index contributed by atoms with van der Waals surface area (Å²) in [5, 5.41) is 2.98. The SMILES string of the molecule is O=C(CNS(=O)(=O)c1cccc(Cl)c1)NCc1ccnc(-c2cccnc2)c1. The number of carbonyl (C=O) groups excluding carboxylic acids is 1. The second-order valence-corrected chi connectivity index (χ2v) is 8.05. The lowest BCUT2D eigenvalue weighted by molar-refractivity contribution is -0.120. The Labute approximate surface area is 167 Å². The lowest BCUT2D eigenvalue weighted by atomic mass is 10.1. The van der Waals surface area contributed by atoms with Crippen LogP contribution in [-0.4, -0.2) is 30.8 Å². The molecule has 0 unspecified atom stereocenters. The van der Waals surface area contributed by atoms with Gasteiger partial charge in [0.15, 0.2) is 0 Å². The van der Waals surface area contributed by atoms with Crippen LogP contribution >= 0.6 is 11.6 Å². The molecule has 1 amide bonds. The van der Waals surface area contributed by atoms with Gasteiger partial charge in [0.1, 0.15) is 0 Å². The second-order valence-electron chi connectivity index (χ2n) is 5.85. The summed E-state index contributed by atoms with van der Waals surface area (Å²) in [5.74, 6) is -0.453. The van der Waals surface area contributed by atoms with Crippen LogP contribution in [0.25, 0.3) is 11.3 Å². The molecule has 0 aliphatic rings. The number of amides is 1. The van der Waals surface area contributed by atoms with Crippen molar-refractivity contribution in [2.75, 3.05) is 6.54 Å². The molecule has 0 saturated carbocycles. The van der Waals surface area contributed by atoms with Crippen molar-refractivity contribution in [3.8, 4) is 11.3 Å². The van der Waals surface area contributed by atoms with Gasteiger partial charge in [-0.2, -0.15) is 0 Å². The monoisotopic (exact) mass is 416 g/mol. The largest absolute Gasteiger partial charge is 0.351 e. The summed E-state index contributed by atoms with van der Waals surface area (Å²) in [6.45, 7) is -0.136. The fraction of sp³-hybridized carbons (Fsp3) is 0.105. The van der Waals surface area contributed by atoms with Gasteiger partial charge >= 0.3 is 0 Å². The number of sulfonamides is 1. The summed E-state index contributed by atoms with van der Waals surface area (Å²) in [6.07, 6.45) is 5.03. The molecule has 7 nitrogen and oxygen atoms in total. The third-order valence-electron chi connectivity index (χ3n) is 3.80. The maximum atomic E-state index is 12.2. The molecule has 2 N–H and O–H groups in total. The van der Waals surface area contributed by atoms with Crippen molar-refractivity contribution in [2.45, 2.75) is 11.4 Å². The Balaban J connectivity index is 1.56. The van der Waals surface area contributed by atoms with E-state index < -0.39 is 15.9 Å². The third kappa shape index (κ3) is 5.35. The van der Waals surface area contributed by atoms with Crippen molar-refractivity contribution in [3.05, 3.63) is 77.7 Å². The number of hydrogen-bond donors (Lipinski definition) is 2. The Morgan fingerprint density at radius 3 is 2.68 bits per heavy atom. The van der Waals surface area contributed by atoms with E-state index in [-0.39, 0.29) is 18.0 Å². The first-order valence-electron chi connectivity index (χ1n) is 8.31. The first-order chi connectivity index (χ1) is 13.4. The van der Waals surface area contributed by atoms with Crippen LogP contribution in [0, 0.1) is 0 Å². The average molecular weight is 417 g/mol. The highest BCUT2D eigenvalue weighted by Crippen LogP contribution is 2.16. The second kappa shape index (κ2) is 8.92. The van der Waals surface area contributed by atoms with Crippen LogP contribution < -0.4 is 10.0 Å². The van der Waals surface area contributed by atoms with Crippen molar-refractivity contribution in [1.29, 1.82) is 0 Å². The summed E-state index contributed by atoms with van der Waals surface area (Å²) in [4.78, 5) is 20.4. The summed E-state index contributed by atoms with van der Waals surface area (Å²) in [5.41, 5.74) is 2.44. The van der Waals surface area contributed by atoms with E-state index in [1.54, 1.807) is 30.7 Å². The molecule has 144 valence electrons. The van der Waals surface area contributed by atoms with Crippen LogP contribution in [-0.2, 0) is 21.4 Å². The molecular formula is C19H17ClN4O3S. The highest BCUT2D eigenvalue weighted by Gasteiger charge is 2.15. The number of benzene rings is 1. The summed E-state index contributed by atoms with van der Waals surface area (Å²) in [6, 6.07) is 13.1. The molecule has 0 radical (unpaired) electrons. The van der Waals surface area contributed by atoms with Gasteiger partial charge in [-0.1, -0.05) is 17.7 Å². The molecule has 0 atom stereocenters. The number of pyridine rings is 2. The molecule has 3 rings (SSSR count). The van der Waals surface area contributed by atoms with Crippen molar-refractivity contribution < 1.29 is 13.2 Å². The van der Waals surface area contributed by atoms with Gasteiger partial charge in [0, 0.05) is 35.7 Å². The van der Waals surface area contributed by atoms with E-state index in [2.05, 4.69) is 20.0 Å². The van der Waals surface area contributed by atoms with Crippen molar-refractivity contribution in [3.63, 3.8) is 0 Å².